The number of nitriles is 1. The zero-order valence-corrected chi connectivity index (χ0v) is 13.7. The Labute approximate surface area is 121 Å². The van der Waals surface area contributed by atoms with Crippen molar-refractivity contribution in [1.82, 2.24) is 0 Å². The molecule has 0 saturated carbocycles. The molecule has 0 radical (unpaired) electrons. The molecule has 0 saturated heterocycles. The summed E-state index contributed by atoms with van der Waals surface area (Å²) in [6.07, 6.45) is 0.102. The van der Waals surface area contributed by atoms with Crippen LogP contribution < -0.4 is 0 Å². The summed E-state index contributed by atoms with van der Waals surface area (Å²) in [4.78, 5) is -0.0821. The highest BCUT2D eigenvalue weighted by Gasteiger charge is 2.28. The third-order valence-electron chi connectivity index (χ3n) is 2.33. The fraction of sp³-hybridized carbons (Fsp3) is 0.583. The normalized spacial score (nSPS) is 13.2. The minimum absolute atomic E-state index is 0.0821. The van der Waals surface area contributed by atoms with E-state index in [-0.39, 0.29) is 16.7 Å². The largest absolute Gasteiger partial charge is 0.449 e. The third kappa shape index (κ3) is 4.47. The molecular weight excluding hydrogens is 333 g/mol. The van der Waals surface area contributed by atoms with Crippen molar-refractivity contribution >= 4 is 23.5 Å². The standard InChI is InChI=1S/C12H17BrNO4P/c1-4-16-19(15,17-5-2)8-10-6-11(7-14)18-12(10)9(3)13/h6,9H,4-5,8H2,1-3H3. The predicted molar refractivity (Wildman–Crippen MR) is 75.3 cm³/mol. The summed E-state index contributed by atoms with van der Waals surface area (Å²) in [5.41, 5.74) is 0.672. The number of furan rings is 1. The Bertz CT molecular complexity index is 496. The maximum Gasteiger partial charge on any atom is 0.335 e. The summed E-state index contributed by atoms with van der Waals surface area (Å²) in [6, 6.07) is 3.51. The molecule has 106 valence electrons. The Hall–Kier alpha value is -0.600. The molecule has 19 heavy (non-hydrogen) atoms. The molecule has 1 rings (SSSR count). The number of alkyl halides is 1. The molecule has 0 aliphatic carbocycles. The molecule has 0 aliphatic rings. The molecule has 1 atom stereocenters. The van der Waals surface area contributed by atoms with Gasteiger partial charge in [-0.1, -0.05) is 15.9 Å². The maximum absolute atomic E-state index is 12.5. The van der Waals surface area contributed by atoms with Crippen molar-refractivity contribution in [2.75, 3.05) is 13.2 Å². The van der Waals surface area contributed by atoms with Crippen LogP contribution in [0.4, 0.5) is 0 Å². The first kappa shape index (κ1) is 16.5. The van der Waals surface area contributed by atoms with E-state index in [1.807, 2.05) is 13.0 Å². The molecule has 5 nitrogen and oxygen atoms in total. The Morgan fingerprint density at radius 2 is 2.05 bits per heavy atom. The highest BCUT2D eigenvalue weighted by Crippen LogP contribution is 2.52. The molecule has 1 aromatic rings. The van der Waals surface area contributed by atoms with Crippen LogP contribution in [0, 0.1) is 11.3 Å². The highest BCUT2D eigenvalue weighted by atomic mass is 79.9. The van der Waals surface area contributed by atoms with Crippen LogP contribution in [0.5, 0.6) is 0 Å². The lowest BCUT2D eigenvalue weighted by Crippen LogP contribution is -2.00. The van der Waals surface area contributed by atoms with Crippen LogP contribution in [0.15, 0.2) is 10.5 Å². The van der Waals surface area contributed by atoms with Crippen molar-refractivity contribution in [1.29, 1.82) is 5.26 Å². The number of halogens is 1. The smallest absolute Gasteiger partial charge is 0.335 e. The van der Waals surface area contributed by atoms with Crippen LogP contribution in [0.1, 0.15) is 42.7 Å². The fourth-order valence-electron chi connectivity index (χ4n) is 1.69. The minimum atomic E-state index is -3.20. The van der Waals surface area contributed by atoms with Crippen molar-refractivity contribution < 1.29 is 18.0 Å². The van der Waals surface area contributed by atoms with Crippen LogP contribution >= 0.6 is 23.5 Å². The lowest BCUT2D eigenvalue weighted by Gasteiger charge is -2.17. The van der Waals surface area contributed by atoms with Crippen molar-refractivity contribution in [3.63, 3.8) is 0 Å². The zero-order valence-electron chi connectivity index (χ0n) is 11.2. The van der Waals surface area contributed by atoms with Crippen molar-refractivity contribution in [3.05, 3.63) is 23.2 Å². The van der Waals surface area contributed by atoms with Crippen LogP contribution in [-0.4, -0.2) is 13.2 Å². The van der Waals surface area contributed by atoms with E-state index < -0.39 is 7.60 Å². The van der Waals surface area contributed by atoms with Gasteiger partial charge in [-0.3, -0.25) is 4.57 Å². The fourth-order valence-corrected chi connectivity index (χ4v) is 3.78. The molecule has 1 unspecified atom stereocenters. The van der Waals surface area contributed by atoms with E-state index >= 15 is 0 Å². The van der Waals surface area contributed by atoms with Crippen LogP contribution in [0.2, 0.25) is 0 Å². The zero-order chi connectivity index (χ0) is 14.5. The van der Waals surface area contributed by atoms with Crippen LogP contribution in [-0.2, 0) is 19.8 Å². The summed E-state index contributed by atoms with van der Waals surface area (Å²) >= 11 is 3.39. The molecule has 1 heterocycles. The van der Waals surface area contributed by atoms with E-state index in [0.717, 1.165) is 0 Å². The number of hydrogen-bond donors (Lipinski definition) is 0. The van der Waals surface area contributed by atoms with Gasteiger partial charge in [-0.05, 0) is 26.8 Å². The lowest BCUT2D eigenvalue weighted by atomic mass is 10.2. The molecule has 0 bridgehead atoms. The average molecular weight is 350 g/mol. The molecule has 7 heteroatoms. The third-order valence-corrected chi connectivity index (χ3v) is 4.78. The molecule has 0 aromatic carbocycles. The molecule has 0 fully saturated rings. The van der Waals surface area contributed by atoms with E-state index in [4.69, 9.17) is 18.7 Å². The quantitative estimate of drug-likeness (QED) is 0.539. The van der Waals surface area contributed by atoms with E-state index in [1.165, 1.54) is 0 Å². The summed E-state index contributed by atoms with van der Waals surface area (Å²) in [5, 5.41) is 8.87. The number of nitrogens with zero attached hydrogens (tertiary/aromatic N) is 1. The van der Waals surface area contributed by atoms with Gasteiger partial charge in [0.25, 0.3) is 0 Å². The Balaban J connectivity index is 3.05. The van der Waals surface area contributed by atoms with E-state index in [1.54, 1.807) is 19.9 Å². The second-order valence-corrected chi connectivity index (χ2v) is 7.26. The topological polar surface area (TPSA) is 72.5 Å². The van der Waals surface area contributed by atoms with Gasteiger partial charge in [-0.2, -0.15) is 5.26 Å². The molecular formula is C12H17BrNO4P. The molecule has 1 aromatic heterocycles. The van der Waals surface area contributed by atoms with Gasteiger partial charge in [0.1, 0.15) is 11.8 Å². The Kier molecular flexibility index (Phi) is 6.28. The van der Waals surface area contributed by atoms with E-state index in [9.17, 15) is 4.57 Å². The number of rotatable bonds is 7. The first-order chi connectivity index (χ1) is 8.95. The Morgan fingerprint density at radius 3 is 2.47 bits per heavy atom. The lowest BCUT2D eigenvalue weighted by molar-refractivity contribution is 0.219. The first-order valence-corrected chi connectivity index (χ1v) is 8.65. The summed E-state index contributed by atoms with van der Waals surface area (Å²) in [5.74, 6) is 0.770. The van der Waals surface area contributed by atoms with Gasteiger partial charge in [0.05, 0.1) is 24.2 Å². The average Bonchev–Trinajstić information content (AvgIpc) is 2.72. The highest BCUT2D eigenvalue weighted by molar-refractivity contribution is 9.09. The first-order valence-electron chi connectivity index (χ1n) is 6.00. The monoisotopic (exact) mass is 349 g/mol. The summed E-state index contributed by atoms with van der Waals surface area (Å²) in [6.45, 7) is 6.00. The van der Waals surface area contributed by atoms with Crippen molar-refractivity contribution in [3.8, 4) is 6.07 Å². The second-order valence-electron chi connectivity index (χ2n) is 3.83. The van der Waals surface area contributed by atoms with Crippen LogP contribution in [0.3, 0.4) is 0 Å². The van der Waals surface area contributed by atoms with Crippen molar-refractivity contribution in [2.24, 2.45) is 0 Å². The number of hydrogen-bond acceptors (Lipinski definition) is 5. The van der Waals surface area contributed by atoms with Gasteiger partial charge in [0, 0.05) is 5.56 Å². The maximum atomic E-state index is 12.5. The van der Waals surface area contributed by atoms with Gasteiger partial charge in [0.15, 0.2) is 0 Å². The SMILES string of the molecule is CCOP(=O)(Cc1cc(C#N)oc1C(C)Br)OCC. The second kappa shape index (κ2) is 7.25. The molecule has 0 amide bonds. The summed E-state index contributed by atoms with van der Waals surface area (Å²) < 4.78 is 28.3. The van der Waals surface area contributed by atoms with E-state index in [0.29, 0.717) is 24.5 Å². The Morgan fingerprint density at radius 1 is 1.47 bits per heavy atom. The predicted octanol–water partition coefficient (Wildman–Crippen LogP) is 4.37. The van der Waals surface area contributed by atoms with Crippen molar-refractivity contribution in [2.45, 2.75) is 31.8 Å². The minimum Gasteiger partial charge on any atom is -0.449 e. The molecule has 0 spiro atoms. The molecule has 0 N–H and O–H groups in total. The van der Waals surface area contributed by atoms with Gasteiger partial charge in [0.2, 0.25) is 5.76 Å². The van der Waals surface area contributed by atoms with Crippen LogP contribution in [0.25, 0.3) is 0 Å². The molecule has 0 aliphatic heterocycles. The van der Waals surface area contributed by atoms with E-state index in [2.05, 4.69) is 15.9 Å². The van der Waals surface area contributed by atoms with Gasteiger partial charge >= 0.3 is 7.60 Å². The van der Waals surface area contributed by atoms with Gasteiger partial charge in [-0.25, -0.2) is 0 Å². The van der Waals surface area contributed by atoms with Gasteiger partial charge in [-0.15, -0.1) is 0 Å². The van der Waals surface area contributed by atoms with Gasteiger partial charge < -0.3 is 13.5 Å². The summed E-state index contributed by atoms with van der Waals surface area (Å²) in [7, 11) is -3.20.